The van der Waals surface area contributed by atoms with Crippen LogP contribution >= 0.6 is 11.3 Å². The summed E-state index contributed by atoms with van der Waals surface area (Å²) in [5, 5.41) is 9.66. The second-order valence-electron chi connectivity index (χ2n) is 17.3. The molecule has 0 radical (unpaired) electrons. The molecule has 0 bridgehead atoms. The van der Waals surface area contributed by atoms with Gasteiger partial charge in [0.15, 0.2) is 0 Å². The normalized spacial score (nSPS) is 13.1. The molecule has 13 rings (SSSR count). The molecule has 1 aliphatic rings. The van der Waals surface area contributed by atoms with E-state index in [-0.39, 0.29) is 5.41 Å². The summed E-state index contributed by atoms with van der Waals surface area (Å²) in [5.41, 5.74) is 15.1. The van der Waals surface area contributed by atoms with E-state index >= 15 is 0 Å². The van der Waals surface area contributed by atoms with Crippen LogP contribution in [0.25, 0.3) is 97.0 Å². The molecule has 2 nitrogen and oxygen atoms in total. The van der Waals surface area contributed by atoms with Crippen molar-refractivity contribution in [1.29, 1.82) is 0 Å². The fourth-order valence-electron chi connectivity index (χ4n) is 10.4. The summed E-state index contributed by atoms with van der Waals surface area (Å²) in [6.45, 7) is 4.71. The summed E-state index contributed by atoms with van der Waals surface area (Å²) in [6.07, 6.45) is 0. The summed E-state index contributed by atoms with van der Waals surface area (Å²) in [7, 11) is 0. The van der Waals surface area contributed by atoms with Crippen molar-refractivity contribution in [3.63, 3.8) is 0 Å². The molecule has 0 atom stereocenters. The van der Waals surface area contributed by atoms with E-state index in [0.29, 0.717) is 0 Å². The first-order valence-electron chi connectivity index (χ1n) is 21.4. The van der Waals surface area contributed by atoms with E-state index in [1.165, 1.54) is 75.1 Å². The summed E-state index contributed by atoms with van der Waals surface area (Å²) in [4.78, 5) is 2.42. The SMILES string of the molecule is CC1(C)c2ccccc2-c2ccc(N(c3ccc(-c4cccc5c4sc4ccccc45)cc3)c3ccc4oc5c(-c6ccc7ccccc7c6)c6ccccc6cc5c4c3)cc21. The lowest BCUT2D eigenvalue weighted by Gasteiger charge is -2.28. The van der Waals surface area contributed by atoms with Crippen LogP contribution in [0.2, 0.25) is 0 Å². The van der Waals surface area contributed by atoms with Crippen LogP contribution in [-0.4, -0.2) is 0 Å². The van der Waals surface area contributed by atoms with Gasteiger partial charge in [0.2, 0.25) is 0 Å². The predicted octanol–water partition coefficient (Wildman–Crippen LogP) is 17.4. The van der Waals surface area contributed by atoms with Gasteiger partial charge in [-0.2, -0.15) is 0 Å². The third-order valence-corrected chi connectivity index (χ3v) is 14.6. The van der Waals surface area contributed by atoms with E-state index in [1.54, 1.807) is 0 Å². The third-order valence-electron chi connectivity index (χ3n) is 13.4. The van der Waals surface area contributed by atoms with Crippen LogP contribution in [0.5, 0.6) is 0 Å². The Hall–Kier alpha value is -7.46. The summed E-state index contributed by atoms with van der Waals surface area (Å²) in [5.74, 6) is 0. The highest BCUT2D eigenvalue weighted by Gasteiger charge is 2.36. The van der Waals surface area contributed by atoms with Crippen LogP contribution in [0, 0.1) is 0 Å². The van der Waals surface area contributed by atoms with Crippen molar-refractivity contribution >= 4 is 92.1 Å². The topological polar surface area (TPSA) is 16.4 Å². The largest absolute Gasteiger partial charge is 0.455 e. The van der Waals surface area contributed by atoms with E-state index in [1.807, 2.05) is 11.3 Å². The molecule has 0 N–H and O–H groups in total. The number of hydrogen-bond donors (Lipinski definition) is 0. The van der Waals surface area contributed by atoms with E-state index in [4.69, 9.17) is 4.42 Å². The van der Waals surface area contributed by atoms with Crippen LogP contribution in [0.4, 0.5) is 17.1 Å². The number of rotatable bonds is 5. The first-order chi connectivity index (χ1) is 30.5. The van der Waals surface area contributed by atoms with E-state index in [9.17, 15) is 0 Å². The lowest BCUT2D eigenvalue weighted by Crippen LogP contribution is -2.16. The quantitative estimate of drug-likeness (QED) is 0.172. The molecule has 2 aromatic heterocycles. The van der Waals surface area contributed by atoms with Crippen molar-refractivity contribution in [2.75, 3.05) is 4.90 Å². The van der Waals surface area contributed by atoms with Crippen molar-refractivity contribution in [2.45, 2.75) is 19.3 Å². The molecule has 0 unspecified atom stereocenters. The lowest BCUT2D eigenvalue weighted by molar-refractivity contribution is 0.660. The van der Waals surface area contributed by atoms with Crippen LogP contribution in [0.15, 0.2) is 205 Å². The Morgan fingerprint density at radius 3 is 1.97 bits per heavy atom. The fraction of sp³-hybridized carbons (Fsp3) is 0.0508. The van der Waals surface area contributed by atoms with Gasteiger partial charge in [0.05, 0.1) is 0 Å². The van der Waals surface area contributed by atoms with E-state index in [0.717, 1.165) is 50.1 Å². The van der Waals surface area contributed by atoms with Gasteiger partial charge in [0.25, 0.3) is 0 Å². The average Bonchev–Trinajstić information content (AvgIpc) is 3.95. The van der Waals surface area contributed by atoms with Gasteiger partial charge in [-0.1, -0.05) is 153 Å². The minimum Gasteiger partial charge on any atom is -0.455 e. The summed E-state index contributed by atoms with van der Waals surface area (Å²) in [6, 6.07) is 73.6. The number of furan rings is 1. The van der Waals surface area contributed by atoms with Gasteiger partial charge in [-0.05, 0) is 121 Å². The van der Waals surface area contributed by atoms with Crippen LogP contribution in [0.1, 0.15) is 25.0 Å². The molecule has 0 saturated heterocycles. The monoisotopic (exact) mass is 809 g/mol. The van der Waals surface area contributed by atoms with Gasteiger partial charge >= 0.3 is 0 Å². The zero-order chi connectivity index (χ0) is 41.1. The molecule has 0 amide bonds. The zero-order valence-electron chi connectivity index (χ0n) is 34.3. The predicted molar refractivity (Wildman–Crippen MR) is 265 cm³/mol. The number of anilines is 3. The highest BCUT2D eigenvalue weighted by Crippen LogP contribution is 2.51. The van der Waals surface area contributed by atoms with E-state index in [2.05, 4.69) is 219 Å². The maximum atomic E-state index is 6.93. The van der Waals surface area contributed by atoms with Crippen molar-refractivity contribution in [3.8, 4) is 33.4 Å². The summed E-state index contributed by atoms with van der Waals surface area (Å²) < 4.78 is 9.58. The Bertz CT molecular complexity index is 3790. The smallest absolute Gasteiger partial charge is 0.143 e. The van der Waals surface area contributed by atoms with Crippen LogP contribution < -0.4 is 4.90 Å². The lowest BCUT2D eigenvalue weighted by atomic mass is 9.82. The molecule has 10 aromatic carbocycles. The van der Waals surface area contributed by atoms with E-state index < -0.39 is 0 Å². The fourth-order valence-corrected chi connectivity index (χ4v) is 11.6. The Labute approximate surface area is 363 Å². The highest BCUT2D eigenvalue weighted by atomic mass is 32.1. The molecular formula is C59H39NOS. The van der Waals surface area contributed by atoms with Gasteiger partial charge in [0, 0.05) is 59.0 Å². The number of hydrogen-bond acceptors (Lipinski definition) is 3. The van der Waals surface area contributed by atoms with Crippen molar-refractivity contribution in [3.05, 3.63) is 211 Å². The molecule has 1 aliphatic carbocycles. The first kappa shape index (κ1) is 35.3. The third kappa shape index (κ3) is 5.22. The number of fused-ring (bicyclic) bond motifs is 11. The van der Waals surface area contributed by atoms with Gasteiger partial charge in [-0.15, -0.1) is 11.3 Å². The van der Waals surface area contributed by atoms with Gasteiger partial charge in [-0.25, -0.2) is 0 Å². The maximum absolute atomic E-state index is 6.93. The molecule has 292 valence electrons. The number of benzene rings is 10. The maximum Gasteiger partial charge on any atom is 0.143 e. The molecule has 2 heterocycles. The molecule has 0 fully saturated rings. The molecule has 3 heteroatoms. The Balaban J connectivity index is 1.00. The molecule has 62 heavy (non-hydrogen) atoms. The highest BCUT2D eigenvalue weighted by molar-refractivity contribution is 7.26. The summed E-state index contributed by atoms with van der Waals surface area (Å²) >= 11 is 1.88. The Morgan fingerprint density at radius 2 is 1.08 bits per heavy atom. The van der Waals surface area contributed by atoms with Gasteiger partial charge in [-0.3, -0.25) is 0 Å². The standard InChI is InChI=1S/C59H39NOS/c1-59(2)52-20-9-7-16-46(52)47-30-28-43(35-53(47)59)60(41-26-24-37(25-27-41)45-18-11-19-49-48-17-8-10-21-55(48)62-58(45)49)42-29-31-54-50(34-42)51-33-39-14-5-6-15-44(39)56(57(51)61-54)40-23-22-36-12-3-4-13-38(36)32-40/h3-35H,1-2H3. The first-order valence-corrected chi connectivity index (χ1v) is 22.2. The van der Waals surface area contributed by atoms with Crippen molar-refractivity contribution in [2.24, 2.45) is 0 Å². The minimum atomic E-state index is -0.134. The Kier molecular flexibility index (Phi) is 7.56. The molecular weight excluding hydrogens is 771 g/mol. The molecule has 0 saturated carbocycles. The van der Waals surface area contributed by atoms with Crippen molar-refractivity contribution < 1.29 is 4.42 Å². The zero-order valence-corrected chi connectivity index (χ0v) is 35.1. The van der Waals surface area contributed by atoms with Gasteiger partial charge < -0.3 is 9.32 Å². The van der Waals surface area contributed by atoms with Gasteiger partial charge in [0.1, 0.15) is 11.2 Å². The van der Waals surface area contributed by atoms with Crippen molar-refractivity contribution in [1.82, 2.24) is 0 Å². The second-order valence-corrected chi connectivity index (χ2v) is 18.3. The molecule has 12 aromatic rings. The molecule has 0 spiro atoms. The average molecular weight is 810 g/mol. The Morgan fingerprint density at radius 1 is 0.419 bits per heavy atom. The number of thiophene rings is 1. The second kappa shape index (κ2) is 13.3. The minimum absolute atomic E-state index is 0.134. The number of nitrogens with zero attached hydrogens (tertiary/aromatic N) is 1. The van der Waals surface area contributed by atoms with Crippen LogP contribution in [0.3, 0.4) is 0 Å². The van der Waals surface area contributed by atoms with Crippen LogP contribution in [-0.2, 0) is 5.41 Å². The molecule has 0 aliphatic heterocycles.